The molecule has 0 radical (unpaired) electrons. The van der Waals surface area contributed by atoms with Crippen LogP contribution in [-0.4, -0.2) is 42.3 Å². The third kappa shape index (κ3) is 4.49. The van der Waals surface area contributed by atoms with Gasteiger partial charge < -0.3 is 15.2 Å². The second kappa shape index (κ2) is 8.00. The third-order valence-electron chi connectivity index (χ3n) is 4.24. The summed E-state index contributed by atoms with van der Waals surface area (Å²) in [5.74, 6) is 0.584. The molecule has 6 heteroatoms. The molecule has 0 aliphatic carbocycles. The van der Waals surface area contributed by atoms with E-state index in [1.165, 1.54) is 0 Å². The Kier molecular flexibility index (Phi) is 5.53. The summed E-state index contributed by atoms with van der Waals surface area (Å²) in [6.07, 6.45) is 1.07. The van der Waals surface area contributed by atoms with Gasteiger partial charge in [-0.05, 0) is 37.1 Å². The summed E-state index contributed by atoms with van der Waals surface area (Å²) >= 11 is 0. The van der Waals surface area contributed by atoms with Crippen LogP contribution in [0.15, 0.2) is 48.5 Å². The number of aliphatic hydroxyl groups excluding tert-OH is 1. The van der Waals surface area contributed by atoms with Crippen LogP contribution < -0.4 is 15.5 Å². The van der Waals surface area contributed by atoms with Gasteiger partial charge in [0.2, 0.25) is 0 Å². The number of hydrogen-bond acceptors (Lipinski definition) is 5. The number of piperidine rings is 1. The number of ether oxygens (including phenoxy) is 1. The van der Waals surface area contributed by atoms with Crippen LogP contribution in [0.25, 0.3) is 0 Å². The Morgan fingerprint density at radius 3 is 2.68 bits per heavy atom. The van der Waals surface area contributed by atoms with E-state index in [4.69, 9.17) is 4.74 Å². The molecule has 0 aromatic heterocycles. The van der Waals surface area contributed by atoms with Gasteiger partial charge in [0.15, 0.2) is 0 Å². The number of carbonyl (C=O) groups is 1. The first-order chi connectivity index (χ1) is 12.2. The highest BCUT2D eigenvalue weighted by Crippen LogP contribution is 2.24. The number of anilines is 2. The highest BCUT2D eigenvalue weighted by molar-refractivity contribution is 6.00. The molecule has 1 fully saturated rings. The Morgan fingerprint density at radius 2 is 1.92 bits per heavy atom. The molecule has 6 nitrogen and oxygen atoms in total. The smallest absolute Gasteiger partial charge is 0.267 e. The standard InChI is InChI=1S/C19H23N3O3/c1-25-16-6-4-5-14(13-16)20-18-8-3-2-7-17(18)19(24)21-22-11-9-15(23)10-12-22/h2-8,13,15,20,23H,9-12H2,1H3,(H,21,24). The number of nitrogens with one attached hydrogen (secondary N) is 2. The molecule has 25 heavy (non-hydrogen) atoms. The number of hydrogen-bond donors (Lipinski definition) is 3. The van der Waals surface area contributed by atoms with Crippen LogP contribution in [0.4, 0.5) is 11.4 Å². The Morgan fingerprint density at radius 1 is 1.16 bits per heavy atom. The van der Waals surface area contributed by atoms with E-state index in [-0.39, 0.29) is 12.0 Å². The van der Waals surface area contributed by atoms with Crippen molar-refractivity contribution in [3.63, 3.8) is 0 Å². The molecule has 0 spiro atoms. The monoisotopic (exact) mass is 341 g/mol. The molecule has 0 bridgehead atoms. The zero-order chi connectivity index (χ0) is 17.6. The molecule has 1 amide bonds. The van der Waals surface area contributed by atoms with Gasteiger partial charge in [-0.3, -0.25) is 10.2 Å². The molecule has 3 N–H and O–H groups in total. The van der Waals surface area contributed by atoms with E-state index in [2.05, 4.69) is 10.7 Å². The summed E-state index contributed by atoms with van der Waals surface area (Å²) < 4.78 is 5.23. The normalized spacial score (nSPS) is 15.6. The molecule has 2 aromatic rings. The largest absolute Gasteiger partial charge is 0.497 e. The van der Waals surface area contributed by atoms with Crippen LogP contribution in [0.5, 0.6) is 5.75 Å². The minimum Gasteiger partial charge on any atom is -0.497 e. The van der Waals surface area contributed by atoms with Gasteiger partial charge in [-0.2, -0.15) is 0 Å². The zero-order valence-corrected chi connectivity index (χ0v) is 14.2. The van der Waals surface area contributed by atoms with Crippen LogP contribution in [0.3, 0.4) is 0 Å². The number of amides is 1. The first-order valence-electron chi connectivity index (χ1n) is 8.40. The van der Waals surface area contributed by atoms with Crippen LogP contribution >= 0.6 is 0 Å². The molecule has 2 aromatic carbocycles. The van der Waals surface area contributed by atoms with Gasteiger partial charge >= 0.3 is 0 Å². The molecule has 132 valence electrons. The number of rotatable bonds is 5. The summed E-state index contributed by atoms with van der Waals surface area (Å²) in [6.45, 7) is 1.30. The number of carbonyl (C=O) groups excluding carboxylic acids is 1. The number of aliphatic hydroxyl groups is 1. The zero-order valence-electron chi connectivity index (χ0n) is 14.2. The summed E-state index contributed by atoms with van der Waals surface area (Å²) in [5.41, 5.74) is 5.06. The van der Waals surface area contributed by atoms with Crippen molar-refractivity contribution in [2.45, 2.75) is 18.9 Å². The fourth-order valence-corrected chi connectivity index (χ4v) is 2.83. The van der Waals surface area contributed by atoms with Crippen LogP contribution in [0, 0.1) is 0 Å². The molecule has 1 heterocycles. The second-order valence-electron chi connectivity index (χ2n) is 6.06. The van der Waals surface area contributed by atoms with Crippen LogP contribution in [0.1, 0.15) is 23.2 Å². The molecule has 1 aliphatic heterocycles. The Hall–Kier alpha value is -2.57. The SMILES string of the molecule is COc1cccc(Nc2ccccc2C(=O)NN2CCC(O)CC2)c1. The molecule has 0 saturated carbocycles. The lowest BCUT2D eigenvalue weighted by molar-refractivity contribution is 0.0467. The quantitative estimate of drug-likeness (QED) is 0.779. The first kappa shape index (κ1) is 17.3. The van der Waals surface area contributed by atoms with E-state index in [1.54, 1.807) is 13.2 Å². The summed E-state index contributed by atoms with van der Waals surface area (Å²) in [6, 6.07) is 14.9. The highest BCUT2D eigenvalue weighted by atomic mass is 16.5. The average Bonchev–Trinajstić information content (AvgIpc) is 2.64. The molecular weight excluding hydrogens is 318 g/mol. The number of para-hydroxylation sites is 1. The predicted octanol–water partition coefficient (Wildman–Crippen LogP) is 2.54. The van der Waals surface area contributed by atoms with E-state index in [0.717, 1.165) is 17.1 Å². The first-order valence-corrected chi connectivity index (χ1v) is 8.40. The third-order valence-corrected chi connectivity index (χ3v) is 4.24. The molecule has 1 aliphatic rings. The van der Waals surface area contributed by atoms with E-state index in [9.17, 15) is 9.90 Å². The maximum Gasteiger partial charge on any atom is 0.267 e. The number of methoxy groups -OCH3 is 1. The van der Waals surface area contributed by atoms with E-state index < -0.39 is 0 Å². The fourth-order valence-electron chi connectivity index (χ4n) is 2.83. The minimum absolute atomic E-state index is 0.164. The molecule has 1 saturated heterocycles. The predicted molar refractivity (Wildman–Crippen MR) is 97.0 cm³/mol. The molecule has 0 atom stereocenters. The van der Waals surface area contributed by atoms with Crippen molar-refractivity contribution in [2.75, 3.05) is 25.5 Å². The van der Waals surface area contributed by atoms with Gasteiger partial charge in [0, 0.05) is 24.8 Å². The van der Waals surface area contributed by atoms with E-state index >= 15 is 0 Å². The van der Waals surface area contributed by atoms with Gasteiger partial charge in [0.25, 0.3) is 5.91 Å². The lowest BCUT2D eigenvalue weighted by Gasteiger charge is -2.29. The Bertz CT molecular complexity index is 727. The molecular formula is C19H23N3O3. The van der Waals surface area contributed by atoms with E-state index in [0.29, 0.717) is 31.5 Å². The van der Waals surface area contributed by atoms with Gasteiger partial charge in [0.1, 0.15) is 5.75 Å². The molecule has 3 rings (SSSR count). The Balaban J connectivity index is 1.72. The van der Waals surface area contributed by atoms with Crippen molar-refractivity contribution in [3.05, 3.63) is 54.1 Å². The highest BCUT2D eigenvalue weighted by Gasteiger charge is 2.20. The van der Waals surface area contributed by atoms with Crippen molar-refractivity contribution in [1.29, 1.82) is 0 Å². The van der Waals surface area contributed by atoms with Crippen molar-refractivity contribution < 1.29 is 14.6 Å². The lowest BCUT2D eigenvalue weighted by atomic mass is 10.1. The van der Waals surface area contributed by atoms with Gasteiger partial charge in [-0.1, -0.05) is 18.2 Å². The van der Waals surface area contributed by atoms with Crippen molar-refractivity contribution >= 4 is 17.3 Å². The minimum atomic E-state index is -0.268. The molecule has 0 unspecified atom stereocenters. The van der Waals surface area contributed by atoms with Crippen molar-refractivity contribution in [3.8, 4) is 5.75 Å². The summed E-state index contributed by atoms with van der Waals surface area (Å²) in [4.78, 5) is 12.6. The summed E-state index contributed by atoms with van der Waals surface area (Å²) in [5, 5.41) is 14.7. The summed E-state index contributed by atoms with van der Waals surface area (Å²) in [7, 11) is 1.62. The lowest BCUT2D eigenvalue weighted by Crippen LogP contribution is -2.47. The van der Waals surface area contributed by atoms with Gasteiger partial charge in [-0.25, -0.2) is 5.01 Å². The fraction of sp³-hybridized carbons (Fsp3) is 0.316. The average molecular weight is 341 g/mol. The van der Waals surface area contributed by atoms with Gasteiger partial charge in [0.05, 0.1) is 24.5 Å². The second-order valence-corrected chi connectivity index (χ2v) is 6.06. The van der Waals surface area contributed by atoms with Crippen molar-refractivity contribution in [2.24, 2.45) is 0 Å². The van der Waals surface area contributed by atoms with Gasteiger partial charge in [-0.15, -0.1) is 0 Å². The van der Waals surface area contributed by atoms with Crippen molar-refractivity contribution in [1.82, 2.24) is 10.4 Å². The number of nitrogens with zero attached hydrogens (tertiary/aromatic N) is 1. The number of hydrazine groups is 1. The maximum atomic E-state index is 12.6. The van der Waals surface area contributed by atoms with Crippen LogP contribution in [-0.2, 0) is 0 Å². The van der Waals surface area contributed by atoms with Crippen LogP contribution in [0.2, 0.25) is 0 Å². The number of benzene rings is 2. The van der Waals surface area contributed by atoms with E-state index in [1.807, 2.05) is 47.5 Å². The maximum absolute atomic E-state index is 12.6. The topological polar surface area (TPSA) is 73.8 Å². The Labute approximate surface area is 147 Å².